The van der Waals surface area contributed by atoms with Crippen LogP contribution in [-0.4, -0.2) is 0 Å². The van der Waals surface area contributed by atoms with E-state index in [2.05, 4.69) is 207 Å². The third-order valence-corrected chi connectivity index (χ3v) is 11.2. The van der Waals surface area contributed by atoms with Crippen LogP contribution in [0, 0.1) is 0 Å². The van der Waals surface area contributed by atoms with Crippen molar-refractivity contribution in [3.8, 4) is 33.4 Å². The molecule has 0 atom stereocenters. The van der Waals surface area contributed by atoms with E-state index < -0.39 is 0 Å². The largest absolute Gasteiger partial charge is 0.310 e. The number of rotatable bonds is 5. The van der Waals surface area contributed by atoms with Crippen LogP contribution in [0.15, 0.2) is 188 Å². The molecule has 9 aromatic rings. The van der Waals surface area contributed by atoms with Crippen LogP contribution in [0.4, 0.5) is 17.1 Å². The fourth-order valence-electron chi connectivity index (χ4n) is 8.79. The summed E-state index contributed by atoms with van der Waals surface area (Å²) >= 11 is 0. The van der Waals surface area contributed by atoms with Gasteiger partial charge in [-0.1, -0.05) is 172 Å². The average molecular weight is 664 g/mol. The van der Waals surface area contributed by atoms with Gasteiger partial charge in [0.15, 0.2) is 0 Å². The van der Waals surface area contributed by atoms with E-state index in [-0.39, 0.29) is 5.41 Å². The summed E-state index contributed by atoms with van der Waals surface area (Å²) in [6.45, 7) is 4.79. The summed E-state index contributed by atoms with van der Waals surface area (Å²) in [6.07, 6.45) is 0. The summed E-state index contributed by atoms with van der Waals surface area (Å²) in [5.41, 5.74) is 13.5. The van der Waals surface area contributed by atoms with E-state index in [9.17, 15) is 0 Å². The Balaban J connectivity index is 1.31. The molecular weight excluding hydrogens is 627 g/mol. The lowest BCUT2D eigenvalue weighted by molar-refractivity contribution is 0.666. The highest BCUT2D eigenvalue weighted by Crippen LogP contribution is 2.57. The first kappa shape index (κ1) is 30.4. The van der Waals surface area contributed by atoms with Gasteiger partial charge in [0.25, 0.3) is 0 Å². The second-order valence-corrected chi connectivity index (χ2v) is 14.5. The monoisotopic (exact) mass is 663 g/mol. The van der Waals surface area contributed by atoms with Crippen LogP contribution in [0.25, 0.3) is 65.7 Å². The molecule has 0 unspecified atom stereocenters. The third-order valence-electron chi connectivity index (χ3n) is 11.2. The Kier molecular flexibility index (Phi) is 6.91. The fourth-order valence-corrected chi connectivity index (χ4v) is 8.79. The minimum atomic E-state index is -0.167. The number of anilines is 3. The Bertz CT molecular complexity index is 2750. The van der Waals surface area contributed by atoms with Gasteiger partial charge in [0.2, 0.25) is 0 Å². The van der Waals surface area contributed by atoms with Crippen LogP contribution < -0.4 is 4.90 Å². The quantitative estimate of drug-likeness (QED) is 0.177. The lowest BCUT2D eigenvalue weighted by atomic mass is 9.80. The molecule has 0 fully saturated rings. The van der Waals surface area contributed by atoms with Gasteiger partial charge >= 0.3 is 0 Å². The molecule has 0 bridgehead atoms. The number of benzene rings is 9. The van der Waals surface area contributed by atoms with Crippen LogP contribution in [0.1, 0.15) is 25.0 Å². The first-order chi connectivity index (χ1) is 25.6. The van der Waals surface area contributed by atoms with Crippen molar-refractivity contribution < 1.29 is 0 Å². The summed E-state index contributed by atoms with van der Waals surface area (Å²) < 4.78 is 0. The molecule has 0 amide bonds. The standard InChI is InChI=1S/C51H37N/c1-51(2)46-24-12-23-44(48(46)45-31-28-37-18-10-11-21-43(37)50(45)51)49-42(36-16-4-3-5-17-36)22-13-25-47(49)52(40-29-26-34-14-6-8-19-38(34)32-40)41-30-27-35-15-7-9-20-39(35)33-41/h3-33H,1-2H3. The van der Waals surface area contributed by atoms with Crippen molar-refractivity contribution in [3.63, 3.8) is 0 Å². The number of fused-ring (bicyclic) bond motifs is 7. The van der Waals surface area contributed by atoms with Crippen LogP contribution >= 0.6 is 0 Å². The Morgan fingerprint density at radius 3 is 1.63 bits per heavy atom. The third kappa shape index (κ3) is 4.70. The smallest absolute Gasteiger partial charge is 0.0546 e. The second kappa shape index (κ2) is 11.8. The normalized spacial score (nSPS) is 13.0. The molecule has 0 N–H and O–H groups in total. The summed E-state index contributed by atoms with van der Waals surface area (Å²) in [4.78, 5) is 2.47. The second-order valence-electron chi connectivity index (χ2n) is 14.5. The Hall–Kier alpha value is -6.44. The predicted octanol–water partition coefficient (Wildman–Crippen LogP) is 14.3. The van der Waals surface area contributed by atoms with Gasteiger partial charge in [0.05, 0.1) is 5.69 Å². The predicted molar refractivity (Wildman–Crippen MR) is 222 cm³/mol. The Morgan fingerprint density at radius 1 is 0.385 bits per heavy atom. The van der Waals surface area contributed by atoms with Crippen molar-refractivity contribution >= 4 is 49.4 Å². The van der Waals surface area contributed by atoms with Crippen molar-refractivity contribution in [2.45, 2.75) is 19.3 Å². The van der Waals surface area contributed by atoms with Gasteiger partial charge in [0, 0.05) is 22.4 Å². The zero-order valence-corrected chi connectivity index (χ0v) is 29.3. The van der Waals surface area contributed by atoms with E-state index in [0.29, 0.717) is 0 Å². The number of hydrogen-bond donors (Lipinski definition) is 0. The SMILES string of the molecule is CC1(C)c2cccc(-c3c(-c4ccccc4)cccc3N(c3ccc4ccccc4c3)c3ccc4ccccc4c3)c2-c2ccc3ccccc3c21. The maximum absolute atomic E-state index is 2.47. The molecule has 0 aromatic heterocycles. The van der Waals surface area contributed by atoms with Gasteiger partial charge in [-0.2, -0.15) is 0 Å². The van der Waals surface area contributed by atoms with Crippen LogP contribution in [0.5, 0.6) is 0 Å². The zero-order chi connectivity index (χ0) is 34.8. The molecule has 0 saturated heterocycles. The van der Waals surface area contributed by atoms with Gasteiger partial charge in [0.1, 0.15) is 0 Å². The topological polar surface area (TPSA) is 3.24 Å². The molecule has 0 spiro atoms. The lowest BCUT2D eigenvalue weighted by Crippen LogP contribution is -2.15. The maximum Gasteiger partial charge on any atom is 0.0546 e. The highest BCUT2D eigenvalue weighted by Gasteiger charge is 2.39. The number of nitrogens with zero attached hydrogens (tertiary/aromatic N) is 1. The van der Waals surface area contributed by atoms with Crippen molar-refractivity contribution in [1.82, 2.24) is 0 Å². The molecule has 0 saturated carbocycles. The van der Waals surface area contributed by atoms with Crippen molar-refractivity contribution in [2.24, 2.45) is 0 Å². The molecule has 0 aliphatic heterocycles. The van der Waals surface area contributed by atoms with E-state index in [1.807, 2.05) is 0 Å². The first-order valence-electron chi connectivity index (χ1n) is 18.2. The highest BCUT2D eigenvalue weighted by atomic mass is 15.1. The molecule has 1 heteroatoms. The molecule has 0 radical (unpaired) electrons. The summed E-state index contributed by atoms with van der Waals surface area (Å²) in [7, 11) is 0. The van der Waals surface area contributed by atoms with Gasteiger partial charge in [-0.15, -0.1) is 0 Å². The van der Waals surface area contributed by atoms with Gasteiger partial charge < -0.3 is 4.90 Å². The first-order valence-corrected chi connectivity index (χ1v) is 18.2. The minimum Gasteiger partial charge on any atom is -0.310 e. The molecule has 0 heterocycles. The molecule has 10 rings (SSSR count). The molecule has 1 aliphatic rings. The molecule has 1 aliphatic carbocycles. The van der Waals surface area contributed by atoms with Crippen LogP contribution in [0.2, 0.25) is 0 Å². The van der Waals surface area contributed by atoms with Crippen molar-refractivity contribution in [1.29, 1.82) is 0 Å². The maximum atomic E-state index is 2.47. The Labute approximate surface area is 305 Å². The van der Waals surface area contributed by atoms with E-state index >= 15 is 0 Å². The van der Waals surface area contributed by atoms with E-state index in [4.69, 9.17) is 0 Å². The fraction of sp³-hybridized carbons (Fsp3) is 0.0588. The van der Waals surface area contributed by atoms with E-state index in [1.54, 1.807) is 0 Å². The molecule has 52 heavy (non-hydrogen) atoms. The Morgan fingerprint density at radius 2 is 0.942 bits per heavy atom. The molecule has 246 valence electrons. The summed E-state index contributed by atoms with van der Waals surface area (Å²) in [5, 5.41) is 7.51. The van der Waals surface area contributed by atoms with E-state index in [0.717, 1.165) is 17.1 Å². The average Bonchev–Trinajstić information content (AvgIpc) is 3.44. The van der Waals surface area contributed by atoms with Gasteiger partial charge in [-0.3, -0.25) is 0 Å². The molecule has 9 aromatic carbocycles. The highest BCUT2D eigenvalue weighted by molar-refractivity contribution is 6.07. The van der Waals surface area contributed by atoms with Crippen molar-refractivity contribution in [3.05, 3.63) is 199 Å². The van der Waals surface area contributed by atoms with Gasteiger partial charge in [-0.05, 0) is 102 Å². The number of hydrogen-bond acceptors (Lipinski definition) is 1. The minimum absolute atomic E-state index is 0.167. The summed E-state index contributed by atoms with van der Waals surface area (Å²) in [6, 6.07) is 69.3. The summed E-state index contributed by atoms with van der Waals surface area (Å²) in [5.74, 6) is 0. The van der Waals surface area contributed by atoms with E-state index in [1.165, 1.54) is 76.8 Å². The molecular formula is C51H37N. The van der Waals surface area contributed by atoms with Gasteiger partial charge in [-0.25, -0.2) is 0 Å². The lowest BCUT2D eigenvalue weighted by Gasteiger charge is -2.30. The van der Waals surface area contributed by atoms with Crippen LogP contribution in [0.3, 0.4) is 0 Å². The zero-order valence-electron chi connectivity index (χ0n) is 29.3. The molecule has 1 nitrogen and oxygen atoms in total. The van der Waals surface area contributed by atoms with Crippen molar-refractivity contribution in [2.75, 3.05) is 4.90 Å². The van der Waals surface area contributed by atoms with Crippen LogP contribution in [-0.2, 0) is 5.41 Å².